The summed E-state index contributed by atoms with van der Waals surface area (Å²) in [6.07, 6.45) is 0.779. The van der Waals surface area contributed by atoms with Crippen molar-refractivity contribution in [3.8, 4) is 22.9 Å². The Kier molecular flexibility index (Phi) is 7.59. The van der Waals surface area contributed by atoms with Crippen molar-refractivity contribution in [2.24, 2.45) is 5.73 Å². The molecule has 10 nitrogen and oxygen atoms in total. The summed E-state index contributed by atoms with van der Waals surface area (Å²) >= 11 is 0. The molecule has 0 atom stereocenters. The lowest BCUT2D eigenvalue weighted by Crippen LogP contribution is -2.30. The number of ether oxygens (including phenoxy) is 1. The van der Waals surface area contributed by atoms with E-state index in [1.807, 2.05) is 56.3 Å². The molecule has 5 rings (SSSR count). The second-order valence-corrected chi connectivity index (χ2v) is 9.71. The summed E-state index contributed by atoms with van der Waals surface area (Å²) in [5.41, 5.74) is 13.8. The molecule has 0 spiro atoms. The topological polar surface area (TPSA) is 139 Å². The molecule has 3 aromatic carbocycles. The van der Waals surface area contributed by atoms with Crippen LogP contribution in [0.4, 0.5) is 4.79 Å². The van der Waals surface area contributed by atoms with Gasteiger partial charge in [0.05, 0.1) is 17.9 Å². The molecule has 4 aromatic rings. The fourth-order valence-electron chi connectivity index (χ4n) is 4.64. The maximum absolute atomic E-state index is 12.9. The van der Waals surface area contributed by atoms with Crippen LogP contribution in [0.2, 0.25) is 0 Å². The van der Waals surface area contributed by atoms with Gasteiger partial charge in [0, 0.05) is 30.3 Å². The van der Waals surface area contributed by atoms with E-state index in [0.29, 0.717) is 42.5 Å². The molecule has 0 aliphatic heterocycles. The fraction of sp³-hybridized carbons (Fsp3) is 0.233. The molecule has 0 bridgehead atoms. The van der Waals surface area contributed by atoms with Crippen LogP contribution in [0.15, 0.2) is 60.7 Å². The Morgan fingerprint density at radius 2 is 1.65 bits per heavy atom. The molecule has 1 aliphatic carbocycles. The first-order chi connectivity index (χ1) is 19.3. The average Bonchev–Trinajstić information content (AvgIpc) is 2.95. The first-order valence-corrected chi connectivity index (χ1v) is 13.1. The molecule has 0 saturated heterocycles. The number of nitrogens with zero attached hydrogens (tertiary/aromatic N) is 5. The van der Waals surface area contributed by atoms with Crippen LogP contribution in [0.5, 0.6) is 11.5 Å². The number of carbonyl (C=O) groups excluding carboxylic acids is 1. The molecule has 10 heteroatoms. The summed E-state index contributed by atoms with van der Waals surface area (Å²) in [7, 11) is 1.60. The Morgan fingerprint density at radius 1 is 0.975 bits per heavy atom. The number of nitrogens with two attached hydrogens (primary N) is 1. The third-order valence-electron chi connectivity index (χ3n) is 6.74. The number of nitrogens with one attached hydrogen (secondary N) is 1. The smallest absolute Gasteiger partial charge is 0.415 e. The fourth-order valence-corrected chi connectivity index (χ4v) is 4.64. The Balaban J connectivity index is 1.31. The number of phenols is 1. The summed E-state index contributed by atoms with van der Waals surface area (Å²) in [6, 6.07) is 18.5. The summed E-state index contributed by atoms with van der Waals surface area (Å²) in [5, 5.41) is 30.0. The van der Waals surface area contributed by atoms with Crippen molar-refractivity contribution in [3.63, 3.8) is 0 Å². The molecule has 1 aromatic heterocycles. The van der Waals surface area contributed by atoms with Gasteiger partial charge in [-0.05, 0) is 74.2 Å². The monoisotopic (exact) mass is 537 g/mol. The number of phenolic OH excluding ortho intramolecular Hbond substituents is 1. The number of aromatic nitrogens is 4. The highest BCUT2D eigenvalue weighted by molar-refractivity contribution is 5.91. The minimum absolute atomic E-state index is 0.0833. The number of hydrogen-bond donors (Lipinski definition) is 3. The van der Waals surface area contributed by atoms with E-state index in [4.69, 9.17) is 10.5 Å². The van der Waals surface area contributed by atoms with Gasteiger partial charge in [-0.3, -0.25) is 0 Å². The van der Waals surface area contributed by atoms with Gasteiger partial charge >= 0.3 is 6.09 Å². The van der Waals surface area contributed by atoms with Crippen LogP contribution in [-0.4, -0.2) is 50.1 Å². The van der Waals surface area contributed by atoms with Gasteiger partial charge in [0.1, 0.15) is 11.5 Å². The molecule has 204 valence electrons. The van der Waals surface area contributed by atoms with E-state index in [2.05, 4.69) is 25.7 Å². The molecule has 4 N–H and O–H groups in total. The van der Waals surface area contributed by atoms with E-state index in [1.54, 1.807) is 25.2 Å². The average molecular weight is 538 g/mol. The third-order valence-corrected chi connectivity index (χ3v) is 6.74. The zero-order valence-corrected chi connectivity index (χ0v) is 22.7. The van der Waals surface area contributed by atoms with Crippen molar-refractivity contribution in [1.82, 2.24) is 30.6 Å². The highest BCUT2D eigenvalue weighted by atomic mass is 16.6. The number of carbonyl (C=O) groups is 1. The number of hydrogen-bond acceptors (Lipinski definition) is 9. The summed E-state index contributed by atoms with van der Waals surface area (Å²) in [6.45, 7) is 4.79. The van der Waals surface area contributed by atoms with Crippen LogP contribution in [-0.2, 0) is 19.4 Å². The molecule has 0 radical (unpaired) electrons. The summed E-state index contributed by atoms with van der Waals surface area (Å²) in [4.78, 5) is 14.2. The Labute approximate surface area is 232 Å². The van der Waals surface area contributed by atoms with Crippen LogP contribution in [0, 0.1) is 6.92 Å². The normalized spacial score (nSPS) is 14.4. The lowest BCUT2D eigenvalue weighted by Gasteiger charge is -2.23. The molecular formula is C30H31N7O3. The quantitative estimate of drug-likeness (QED) is 0.332. The number of fused-ring (bicyclic) bond motifs is 2. The SMILES string of the molecule is CCN/C1=C(\N)c2ccc(OC(=O)N(C)Cc3nnc(-c4ccc(C)cc4)nn3)cc2CCc2cc(O)ccc21. The molecule has 1 aliphatic rings. The lowest BCUT2D eigenvalue weighted by molar-refractivity contribution is 0.159. The Hall–Kier alpha value is -4.99. The van der Waals surface area contributed by atoms with E-state index >= 15 is 0 Å². The van der Waals surface area contributed by atoms with Crippen molar-refractivity contribution in [3.05, 3.63) is 94.3 Å². The number of aromatic hydroxyl groups is 1. The van der Waals surface area contributed by atoms with E-state index < -0.39 is 6.09 Å². The molecule has 1 heterocycles. The zero-order valence-electron chi connectivity index (χ0n) is 22.7. The lowest BCUT2D eigenvalue weighted by atomic mass is 9.89. The minimum Gasteiger partial charge on any atom is -0.508 e. The zero-order chi connectivity index (χ0) is 28.2. The third kappa shape index (κ3) is 5.70. The molecule has 0 saturated carbocycles. The molecular weight excluding hydrogens is 506 g/mol. The molecule has 0 unspecified atom stereocenters. The van der Waals surface area contributed by atoms with Crippen molar-refractivity contribution < 1.29 is 14.6 Å². The van der Waals surface area contributed by atoms with Crippen LogP contribution in [0.3, 0.4) is 0 Å². The van der Waals surface area contributed by atoms with Gasteiger partial charge in [-0.1, -0.05) is 29.8 Å². The van der Waals surface area contributed by atoms with E-state index in [0.717, 1.165) is 39.1 Å². The maximum atomic E-state index is 12.9. The summed E-state index contributed by atoms with van der Waals surface area (Å²) in [5.74, 6) is 1.32. The van der Waals surface area contributed by atoms with Crippen molar-refractivity contribution >= 4 is 17.5 Å². The van der Waals surface area contributed by atoms with Crippen LogP contribution < -0.4 is 15.8 Å². The van der Waals surface area contributed by atoms with Gasteiger partial charge in [-0.2, -0.15) is 0 Å². The van der Waals surface area contributed by atoms with Gasteiger partial charge in [0.2, 0.25) is 5.82 Å². The first kappa shape index (κ1) is 26.6. The summed E-state index contributed by atoms with van der Waals surface area (Å²) < 4.78 is 5.67. The Bertz CT molecular complexity index is 1570. The van der Waals surface area contributed by atoms with Crippen LogP contribution >= 0.6 is 0 Å². The number of aryl methyl sites for hydroxylation is 3. The molecule has 40 heavy (non-hydrogen) atoms. The molecule has 1 amide bonds. The maximum Gasteiger partial charge on any atom is 0.415 e. The minimum atomic E-state index is -0.566. The standard InChI is InChI=1S/C30H31N7O3/c1-4-32-28-25-13-11-22(38)15-20(25)9-10-21-16-23(12-14-24(21)27(28)31)40-30(39)37(3)17-26-33-35-29(36-34-26)19-7-5-18(2)6-8-19/h5-8,11-16,32,38H,4,9-10,17,31H2,1-3H3/b28-27-. The van der Waals surface area contributed by atoms with E-state index in [1.165, 1.54) is 4.90 Å². The number of benzene rings is 3. The highest BCUT2D eigenvalue weighted by Gasteiger charge is 2.21. The Morgan fingerprint density at radius 3 is 2.35 bits per heavy atom. The second kappa shape index (κ2) is 11.4. The highest BCUT2D eigenvalue weighted by Crippen LogP contribution is 2.33. The van der Waals surface area contributed by atoms with Gasteiger partial charge < -0.3 is 25.8 Å². The van der Waals surface area contributed by atoms with Gasteiger partial charge in [0.25, 0.3) is 0 Å². The molecule has 0 fully saturated rings. The van der Waals surface area contributed by atoms with Gasteiger partial charge in [0.15, 0.2) is 5.82 Å². The van der Waals surface area contributed by atoms with Crippen LogP contribution in [0.1, 0.15) is 40.6 Å². The largest absolute Gasteiger partial charge is 0.508 e. The van der Waals surface area contributed by atoms with Crippen molar-refractivity contribution in [2.45, 2.75) is 33.2 Å². The predicted octanol–water partition coefficient (Wildman–Crippen LogP) is 4.07. The van der Waals surface area contributed by atoms with Crippen molar-refractivity contribution in [1.29, 1.82) is 0 Å². The predicted molar refractivity (Wildman–Crippen MR) is 152 cm³/mol. The van der Waals surface area contributed by atoms with Gasteiger partial charge in [-0.15, -0.1) is 20.4 Å². The van der Waals surface area contributed by atoms with Gasteiger partial charge in [-0.25, -0.2) is 4.79 Å². The number of rotatable bonds is 6. The van der Waals surface area contributed by atoms with Crippen LogP contribution in [0.25, 0.3) is 22.8 Å². The van der Waals surface area contributed by atoms with Crippen molar-refractivity contribution in [2.75, 3.05) is 13.6 Å². The van der Waals surface area contributed by atoms with E-state index in [-0.39, 0.29) is 12.3 Å². The number of amides is 1. The second-order valence-electron chi connectivity index (χ2n) is 9.71. The first-order valence-electron chi connectivity index (χ1n) is 13.1. The van der Waals surface area contributed by atoms with E-state index in [9.17, 15) is 9.90 Å².